The standard InChI is InChI=1S/C20H26ClN3O2/c21-15-7-8-17(16(11-15)20(26)24-9-1-2-10-24)22-12-18(25)23-19(13-3-4-13)14-5-6-14/h7-8,11,13-14,19,22H,1-6,9-10,12H2,(H,23,25). The Morgan fingerprint density at radius 3 is 2.38 bits per heavy atom. The fourth-order valence-corrected chi connectivity index (χ4v) is 4.05. The first-order chi connectivity index (χ1) is 12.6. The Labute approximate surface area is 159 Å². The molecular weight excluding hydrogens is 350 g/mol. The van der Waals surface area contributed by atoms with E-state index in [2.05, 4.69) is 10.6 Å². The van der Waals surface area contributed by atoms with E-state index in [1.54, 1.807) is 18.2 Å². The summed E-state index contributed by atoms with van der Waals surface area (Å²) in [7, 11) is 0. The van der Waals surface area contributed by atoms with Gasteiger partial charge in [0.05, 0.1) is 12.1 Å². The number of nitrogens with zero attached hydrogens (tertiary/aromatic N) is 1. The zero-order valence-corrected chi connectivity index (χ0v) is 15.7. The van der Waals surface area contributed by atoms with E-state index < -0.39 is 0 Å². The molecule has 1 saturated heterocycles. The minimum atomic E-state index is -0.0123. The number of carbonyl (C=O) groups excluding carboxylic acids is 2. The maximum absolute atomic E-state index is 12.8. The largest absolute Gasteiger partial charge is 0.376 e. The van der Waals surface area contributed by atoms with Gasteiger partial charge in [-0.05, 0) is 68.6 Å². The Bertz CT molecular complexity index is 682. The van der Waals surface area contributed by atoms with Crippen LogP contribution in [0.2, 0.25) is 5.02 Å². The molecule has 6 heteroatoms. The number of rotatable bonds is 7. The Morgan fingerprint density at radius 2 is 1.77 bits per heavy atom. The van der Waals surface area contributed by atoms with Gasteiger partial charge in [0.15, 0.2) is 0 Å². The van der Waals surface area contributed by atoms with E-state index >= 15 is 0 Å². The van der Waals surface area contributed by atoms with Crippen molar-refractivity contribution >= 4 is 29.1 Å². The second-order valence-corrected chi connectivity index (χ2v) is 8.25. The highest BCUT2D eigenvalue weighted by molar-refractivity contribution is 6.31. The Kier molecular flexibility index (Phi) is 5.07. The lowest BCUT2D eigenvalue weighted by molar-refractivity contribution is -0.120. The predicted molar refractivity (Wildman–Crippen MR) is 102 cm³/mol. The summed E-state index contributed by atoms with van der Waals surface area (Å²) in [5.41, 5.74) is 1.23. The van der Waals surface area contributed by atoms with Crippen LogP contribution >= 0.6 is 11.6 Å². The summed E-state index contributed by atoms with van der Waals surface area (Å²) in [5.74, 6) is 1.34. The van der Waals surface area contributed by atoms with E-state index in [1.807, 2.05) is 4.90 Å². The molecule has 0 aromatic heterocycles. The number of anilines is 1. The van der Waals surface area contributed by atoms with Gasteiger partial charge in [0, 0.05) is 29.8 Å². The third kappa shape index (κ3) is 4.14. The van der Waals surface area contributed by atoms with E-state index in [9.17, 15) is 9.59 Å². The molecule has 2 N–H and O–H groups in total. The van der Waals surface area contributed by atoms with Crippen LogP contribution in [0.25, 0.3) is 0 Å². The molecule has 2 amide bonds. The number of halogens is 1. The van der Waals surface area contributed by atoms with Crippen molar-refractivity contribution in [1.29, 1.82) is 0 Å². The van der Waals surface area contributed by atoms with Gasteiger partial charge in [0.2, 0.25) is 5.91 Å². The Balaban J connectivity index is 1.39. The van der Waals surface area contributed by atoms with Crippen LogP contribution in [-0.4, -0.2) is 42.4 Å². The van der Waals surface area contributed by atoms with Crippen molar-refractivity contribution < 1.29 is 9.59 Å². The van der Waals surface area contributed by atoms with Gasteiger partial charge >= 0.3 is 0 Å². The van der Waals surface area contributed by atoms with Crippen molar-refractivity contribution in [2.45, 2.75) is 44.6 Å². The summed E-state index contributed by atoms with van der Waals surface area (Å²) >= 11 is 6.10. The van der Waals surface area contributed by atoms with Crippen LogP contribution in [0.15, 0.2) is 18.2 Å². The van der Waals surface area contributed by atoms with Gasteiger partial charge in [0.1, 0.15) is 0 Å². The van der Waals surface area contributed by atoms with Crippen LogP contribution in [0.3, 0.4) is 0 Å². The van der Waals surface area contributed by atoms with Gasteiger partial charge < -0.3 is 15.5 Å². The average Bonchev–Trinajstić information content (AvgIpc) is 3.57. The molecule has 1 aliphatic heterocycles. The van der Waals surface area contributed by atoms with Crippen molar-refractivity contribution in [1.82, 2.24) is 10.2 Å². The highest BCUT2D eigenvalue weighted by Crippen LogP contribution is 2.44. The number of hydrogen-bond donors (Lipinski definition) is 2. The van der Waals surface area contributed by atoms with E-state index in [0.29, 0.717) is 34.2 Å². The van der Waals surface area contributed by atoms with Gasteiger partial charge in [-0.1, -0.05) is 11.6 Å². The highest BCUT2D eigenvalue weighted by Gasteiger charge is 2.42. The van der Waals surface area contributed by atoms with Crippen LogP contribution in [0.4, 0.5) is 5.69 Å². The lowest BCUT2D eigenvalue weighted by Gasteiger charge is -2.20. The van der Waals surface area contributed by atoms with Crippen molar-refractivity contribution in [2.75, 3.05) is 25.0 Å². The van der Waals surface area contributed by atoms with Gasteiger partial charge in [-0.2, -0.15) is 0 Å². The van der Waals surface area contributed by atoms with E-state index in [-0.39, 0.29) is 18.4 Å². The molecule has 0 bridgehead atoms. The number of benzene rings is 1. The molecule has 3 aliphatic rings. The maximum Gasteiger partial charge on any atom is 0.256 e. The molecule has 1 aromatic carbocycles. The van der Waals surface area contributed by atoms with Crippen molar-refractivity contribution in [2.24, 2.45) is 11.8 Å². The minimum absolute atomic E-state index is 0.00308. The van der Waals surface area contributed by atoms with E-state index in [1.165, 1.54) is 25.7 Å². The van der Waals surface area contributed by atoms with Gasteiger partial charge in [-0.15, -0.1) is 0 Å². The summed E-state index contributed by atoms with van der Waals surface area (Å²) in [4.78, 5) is 27.0. The normalized spacial score (nSPS) is 19.7. The number of hydrogen-bond acceptors (Lipinski definition) is 3. The molecule has 5 nitrogen and oxygen atoms in total. The van der Waals surface area contributed by atoms with Crippen LogP contribution in [0, 0.1) is 11.8 Å². The lowest BCUT2D eigenvalue weighted by Crippen LogP contribution is -2.41. The molecule has 1 aromatic rings. The molecular formula is C20H26ClN3O2. The molecule has 2 aliphatic carbocycles. The zero-order valence-electron chi connectivity index (χ0n) is 15.0. The first-order valence-electron chi connectivity index (χ1n) is 9.74. The molecule has 3 fully saturated rings. The minimum Gasteiger partial charge on any atom is -0.376 e. The topological polar surface area (TPSA) is 61.4 Å². The van der Waals surface area contributed by atoms with E-state index in [4.69, 9.17) is 11.6 Å². The number of amides is 2. The summed E-state index contributed by atoms with van der Waals surface area (Å²) in [6.07, 6.45) is 7.03. The predicted octanol–water partition coefficient (Wildman–Crippen LogP) is 3.29. The van der Waals surface area contributed by atoms with Crippen LogP contribution in [0.1, 0.15) is 48.9 Å². The molecule has 0 atom stereocenters. The molecule has 26 heavy (non-hydrogen) atoms. The van der Waals surface area contributed by atoms with E-state index in [0.717, 1.165) is 25.9 Å². The molecule has 0 spiro atoms. The molecule has 0 unspecified atom stereocenters. The van der Waals surface area contributed by atoms with Crippen molar-refractivity contribution in [3.8, 4) is 0 Å². The third-order valence-corrected chi connectivity index (χ3v) is 5.87. The third-order valence-electron chi connectivity index (χ3n) is 5.63. The van der Waals surface area contributed by atoms with Crippen molar-refractivity contribution in [3.63, 3.8) is 0 Å². The van der Waals surface area contributed by atoms with Crippen molar-refractivity contribution in [3.05, 3.63) is 28.8 Å². The fraction of sp³-hybridized carbons (Fsp3) is 0.600. The Hall–Kier alpha value is -1.75. The number of likely N-dealkylation sites (tertiary alicyclic amines) is 1. The van der Waals surface area contributed by atoms with Gasteiger partial charge in [-0.3, -0.25) is 9.59 Å². The summed E-state index contributed by atoms with van der Waals surface area (Å²) in [5, 5.41) is 6.89. The Morgan fingerprint density at radius 1 is 1.12 bits per heavy atom. The summed E-state index contributed by atoms with van der Waals surface area (Å²) < 4.78 is 0. The van der Waals surface area contributed by atoms with Gasteiger partial charge in [0.25, 0.3) is 5.91 Å². The molecule has 2 saturated carbocycles. The van der Waals surface area contributed by atoms with Crippen LogP contribution in [-0.2, 0) is 4.79 Å². The number of nitrogens with one attached hydrogen (secondary N) is 2. The first kappa shape index (κ1) is 17.7. The van der Waals surface area contributed by atoms with Crippen LogP contribution < -0.4 is 10.6 Å². The lowest BCUT2D eigenvalue weighted by atomic mass is 10.1. The van der Waals surface area contributed by atoms with Crippen LogP contribution in [0.5, 0.6) is 0 Å². The second-order valence-electron chi connectivity index (χ2n) is 7.81. The summed E-state index contributed by atoms with van der Waals surface area (Å²) in [6, 6.07) is 5.58. The van der Waals surface area contributed by atoms with Gasteiger partial charge in [-0.25, -0.2) is 0 Å². The molecule has 1 heterocycles. The SMILES string of the molecule is O=C(CNc1ccc(Cl)cc1C(=O)N1CCCC1)NC(C1CC1)C1CC1. The monoisotopic (exact) mass is 375 g/mol. The average molecular weight is 376 g/mol. The smallest absolute Gasteiger partial charge is 0.256 e. The fourth-order valence-electron chi connectivity index (χ4n) is 3.88. The molecule has 0 radical (unpaired) electrons. The first-order valence-corrected chi connectivity index (χ1v) is 10.1. The quantitative estimate of drug-likeness (QED) is 0.768. The molecule has 4 rings (SSSR count). The second kappa shape index (κ2) is 7.47. The maximum atomic E-state index is 12.8. The number of carbonyl (C=O) groups is 2. The summed E-state index contributed by atoms with van der Waals surface area (Å²) in [6.45, 7) is 1.75. The zero-order chi connectivity index (χ0) is 18.1. The highest BCUT2D eigenvalue weighted by atomic mass is 35.5. The molecule has 140 valence electrons.